The number of aromatic nitrogens is 1. The molecule has 0 aromatic carbocycles. The first-order valence-corrected chi connectivity index (χ1v) is 6.81. The highest BCUT2D eigenvalue weighted by Crippen LogP contribution is 2.03. The van der Waals surface area contributed by atoms with Crippen molar-refractivity contribution in [3.63, 3.8) is 0 Å². The zero-order valence-electron chi connectivity index (χ0n) is 12.3. The molecule has 0 spiro atoms. The number of nitrogens with zero attached hydrogens (tertiary/aromatic N) is 3. The van der Waals surface area contributed by atoms with Crippen LogP contribution in [0.3, 0.4) is 0 Å². The maximum absolute atomic E-state index is 11.7. The number of likely N-dealkylation sites (N-methyl/N-ethyl adjacent to an activating group) is 1. The Kier molecular flexibility index (Phi) is 7.13. The first-order valence-electron chi connectivity index (χ1n) is 6.81. The maximum Gasteiger partial charge on any atom is 0.322 e. The van der Waals surface area contributed by atoms with Gasteiger partial charge in [0.25, 0.3) is 5.91 Å². The van der Waals surface area contributed by atoms with Gasteiger partial charge in [0.15, 0.2) is 0 Å². The number of hydrogen-bond donors (Lipinski definition) is 2. The van der Waals surface area contributed by atoms with Gasteiger partial charge in [-0.2, -0.15) is 5.26 Å². The van der Waals surface area contributed by atoms with Crippen molar-refractivity contribution in [1.29, 1.82) is 5.26 Å². The fourth-order valence-electron chi connectivity index (χ4n) is 1.71. The van der Waals surface area contributed by atoms with Crippen LogP contribution >= 0.6 is 0 Å². The van der Waals surface area contributed by atoms with Crippen LogP contribution in [0.25, 0.3) is 0 Å². The largest absolute Gasteiger partial charge is 0.480 e. The predicted octanol–water partition coefficient (Wildman–Crippen LogP) is 0.554. The number of amides is 1. The summed E-state index contributed by atoms with van der Waals surface area (Å²) in [6, 6.07) is 5.60. The number of nitrogens with one attached hydrogen (secondary N) is 1. The lowest BCUT2D eigenvalue weighted by Gasteiger charge is -2.18. The minimum absolute atomic E-state index is 0.113. The second-order valence-electron chi connectivity index (χ2n) is 4.47. The first kappa shape index (κ1) is 17.2. The lowest BCUT2D eigenvalue weighted by molar-refractivity contribution is -0.137. The van der Waals surface area contributed by atoms with Crippen molar-refractivity contribution in [3.8, 4) is 6.07 Å². The number of carbonyl (C=O) groups is 2. The van der Waals surface area contributed by atoms with Crippen LogP contribution in [0.1, 0.15) is 12.5 Å². The molecule has 0 unspecified atom stereocenters. The minimum atomic E-state index is -1.16. The smallest absolute Gasteiger partial charge is 0.322 e. The SMILES string of the molecule is CCN(/C=C(/C#N)C(=O)NCC(=O)O)CCc1ccncc1. The summed E-state index contributed by atoms with van der Waals surface area (Å²) in [4.78, 5) is 27.9. The Morgan fingerprint density at radius 2 is 2.14 bits per heavy atom. The van der Waals surface area contributed by atoms with Gasteiger partial charge in [-0.15, -0.1) is 0 Å². The van der Waals surface area contributed by atoms with E-state index in [4.69, 9.17) is 10.4 Å². The van der Waals surface area contributed by atoms with Crippen LogP contribution in [0.5, 0.6) is 0 Å². The normalized spacial score (nSPS) is 10.6. The van der Waals surface area contributed by atoms with Crippen molar-refractivity contribution in [1.82, 2.24) is 15.2 Å². The molecule has 0 radical (unpaired) electrons. The zero-order chi connectivity index (χ0) is 16.4. The Balaban J connectivity index is 2.65. The summed E-state index contributed by atoms with van der Waals surface area (Å²) in [5.41, 5.74) is 0.994. The van der Waals surface area contributed by atoms with Gasteiger partial charge in [0, 0.05) is 31.7 Å². The molecule has 0 bridgehead atoms. The lowest BCUT2D eigenvalue weighted by Crippen LogP contribution is -2.31. The van der Waals surface area contributed by atoms with Crippen molar-refractivity contribution in [3.05, 3.63) is 41.9 Å². The van der Waals surface area contributed by atoms with Crippen molar-refractivity contribution < 1.29 is 14.7 Å². The third-order valence-electron chi connectivity index (χ3n) is 2.92. The lowest BCUT2D eigenvalue weighted by atomic mass is 10.2. The third kappa shape index (κ3) is 6.05. The summed E-state index contributed by atoms with van der Waals surface area (Å²) in [5, 5.41) is 19.7. The fraction of sp³-hybridized carbons (Fsp3) is 0.333. The molecule has 7 nitrogen and oxygen atoms in total. The molecule has 1 aromatic rings. The highest BCUT2D eigenvalue weighted by molar-refractivity contribution is 5.98. The Labute approximate surface area is 128 Å². The van der Waals surface area contributed by atoms with Gasteiger partial charge in [-0.25, -0.2) is 0 Å². The van der Waals surface area contributed by atoms with Crippen molar-refractivity contribution in [2.45, 2.75) is 13.3 Å². The van der Waals surface area contributed by atoms with E-state index in [0.29, 0.717) is 13.1 Å². The second kappa shape index (κ2) is 9.13. The van der Waals surface area contributed by atoms with Crippen LogP contribution in [-0.4, -0.2) is 46.5 Å². The van der Waals surface area contributed by atoms with E-state index >= 15 is 0 Å². The van der Waals surface area contributed by atoms with Gasteiger partial charge in [0.2, 0.25) is 0 Å². The van der Waals surface area contributed by atoms with E-state index in [2.05, 4.69) is 10.3 Å². The quantitative estimate of drug-likeness (QED) is 0.536. The average molecular weight is 302 g/mol. The molecule has 1 amide bonds. The van der Waals surface area contributed by atoms with E-state index in [0.717, 1.165) is 12.0 Å². The number of carboxylic acid groups (broad SMARTS) is 1. The predicted molar refractivity (Wildman–Crippen MR) is 79.5 cm³/mol. The number of pyridine rings is 1. The summed E-state index contributed by atoms with van der Waals surface area (Å²) in [7, 11) is 0. The molecule has 0 aliphatic rings. The van der Waals surface area contributed by atoms with Gasteiger partial charge in [-0.1, -0.05) is 0 Å². The summed E-state index contributed by atoms with van der Waals surface area (Å²) in [6.07, 6.45) is 5.63. The maximum atomic E-state index is 11.7. The van der Waals surface area contributed by atoms with Gasteiger partial charge in [0.1, 0.15) is 18.2 Å². The van der Waals surface area contributed by atoms with Gasteiger partial charge in [-0.05, 0) is 31.0 Å². The molecular formula is C15H18N4O3. The number of hydrogen-bond acceptors (Lipinski definition) is 5. The number of carboxylic acids is 1. The minimum Gasteiger partial charge on any atom is -0.480 e. The van der Waals surface area contributed by atoms with Crippen LogP contribution in [0, 0.1) is 11.3 Å². The highest BCUT2D eigenvalue weighted by atomic mass is 16.4. The number of nitriles is 1. The summed E-state index contributed by atoms with van der Waals surface area (Å²) >= 11 is 0. The molecule has 0 aliphatic heterocycles. The van der Waals surface area contributed by atoms with Crippen molar-refractivity contribution in [2.24, 2.45) is 0 Å². The van der Waals surface area contributed by atoms with E-state index in [-0.39, 0.29) is 5.57 Å². The molecule has 0 fully saturated rings. The van der Waals surface area contributed by atoms with Crippen LogP contribution in [-0.2, 0) is 16.0 Å². The van der Waals surface area contributed by atoms with Gasteiger partial charge < -0.3 is 15.3 Å². The molecule has 0 saturated heterocycles. The van der Waals surface area contributed by atoms with Crippen molar-refractivity contribution in [2.75, 3.05) is 19.6 Å². The topological polar surface area (TPSA) is 106 Å². The molecule has 22 heavy (non-hydrogen) atoms. The Bertz CT molecular complexity index is 578. The van der Waals surface area contributed by atoms with Gasteiger partial charge in [-0.3, -0.25) is 14.6 Å². The van der Waals surface area contributed by atoms with E-state index in [1.807, 2.05) is 24.0 Å². The molecule has 1 rings (SSSR count). The number of aliphatic carboxylic acids is 1. The molecule has 0 saturated carbocycles. The number of carbonyl (C=O) groups excluding carboxylic acids is 1. The average Bonchev–Trinajstić information content (AvgIpc) is 2.54. The van der Waals surface area contributed by atoms with Gasteiger partial charge >= 0.3 is 5.97 Å². The third-order valence-corrected chi connectivity index (χ3v) is 2.92. The van der Waals surface area contributed by atoms with Crippen LogP contribution in [0.15, 0.2) is 36.3 Å². The monoisotopic (exact) mass is 302 g/mol. The van der Waals surface area contributed by atoms with Crippen LogP contribution in [0.4, 0.5) is 0 Å². The van der Waals surface area contributed by atoms with E-state index in [1.54, 1.807) is 18.5 Å². The van der Waals surface area contributed by atoms with Crippen LogP contribution in [0.2, 0.25) is 0 Å². The van der Waals surface area contributed by atoms with E-state index < -0.39 is 18.4 Å². The zero-order valence-corrected chi connectivity index (χ0v) is 12.3. The van der Waals surface area contributed by atoms with Crippen molar-refractivity contribution >= 4 is 11.9 Å². The number of rotatable bonds is 8. The second-order valence-corrected chi connectivity index (χ2v) is 4.47. The summed E-state index contributed by atoms with van der Waals surface area (Å²) < 4.78 is 0. The Hall–Kier alpha value is -2.88. The molecule has 7 heteroatoms. The van der Waals surface area contributed by atoms with E-state index in [1.165, 1.54) is 6.20 Å². The Morgan fingerprint density at radius 1 is 1.45 bits per heavy atom. The molecule has 1 heterocycles. The fourth-order valence-corrected chi connectivity index (χ4v) is 1.71. The standard InChI is InChI=1S/C15H18N4O3/c1-2-19(8-5-12-3-6-17-7-4-12)11-13(9-16)15(22)18-10-14(20)21/h3-4,6-7,11H,2,5,8,10H2,1H3,(H,18,22)(H,20,21)/b13-11-. The van der Waals surface area contributed by atoms with Crippen LogP contribution < -0.4 is 5.32 Å². The summed E-state index contributed by atoms with van der Waals surface area (Å²) in [5.74, 6) is -1.84. The molecule has 0 atom stereocenters. The van der Waals surface area contributed by atoms with Gasteiger partial charge in [0.05, 0.1) is 0 Å². The van der Waals surface area contributed by atoms with E-state index in [9.17, 15) is 9.59 Å². The molecule has 116 valence electrons. The first-order chi connectivity index (χ1) is 10.6. The molecular weight excluding hydrogens is 284 g/mol. The molecule has 0 aliphatic carbocycles. The molecule has 1 aromatic heterocycles. The Morgan fingerprint density at radius 3 is 2.68 bits per heavy atom. The highest BCUT2D eigenvalue weighted by Gasteiger charge is 2.11. The molecule has 2 N–H and O–H groups in total. The summed E-state index contributed by atoms with van der Waals surface area (Å²) in [6.45, 7) is 2.66.